The summed E-state index contributed by atoms with van der Waals surface area (Å²) in [7, 11) is 0. The number of nitrogens with one attached hydrogen (secondary N) is 1. The normalized spacial score (nSPS) is 10.5. The highest BCUT2D eigenvalue weighted by molar-refractivity contribution is 5.84. The molecule has 1 N–H and O–H groups in total. The molecule has 0 spiro atoms. The van der Waals surface area contributed by atoms with Gasteiger partial charge in [0, 0.05) is 11.1 Å². The van der Waals surface area contributed by atoms with E-state index in [-0.39, 0.29) is 0 Å². The minimum atomic E-state index is 0.551. The van der Waals surface area contributed by atoms with Crippen molar-refractivity contribution in [3.05, 3.63) is 64.7 Å². The monoisotopic (exact) mass is 287 g/mol. The molecule has 0 aliphatic carbocycles. The van der Waals surface area contributed by atoms with Gasteiger partial charge in [0.25, 0.3) is 0 Å². The molecule has 0 unspecified atom stereocenters. The van der Waals surface area contributed by atoms with Crippen LogP contribution in [0.4, 0.5) is 11.5 Å². The van der Waals surface area contributed by atoms with Crippen LogP contribution in [0.15, 0.2) is 42.5 Å². The zero-order valence-electron chi connectivity index (χ0n) is 12.9. The van der Waals surface area contributed by atoms with Gasteiger partial charge in [0.1, 0.15) is 11.9 Å². The van der Waals surface area contributed by atoms with Crippen molar-refractivity contribution >= 4 is 22.4 Å². The van der Waals surface area contributed by atoms with Crippen LogP contribution >= 0.6 is 0 Å². The van der Waals surface area contributed by atoms with E-state index in [9.17, 15) is 5.26 Å². The molecular formula is C19H17N3. The molecule has 0 radical (unpaired) electrons. The van der Waals surface area contributed by atoms with Crippen LogP contribution in [-0.2, 0) is 0 Å². The first-order valence-corrected chi connectivity index (χ1v) is 7.22. The predicted octanol–water partition coefficient (Wildman–Crippen LogP) is 4.78. The topological polar surface area (TPSA) is 48.7 Å². The van der Waals surface area contributed by atoms with Gasteiger partial charge in [0.05, 0.1) is 11.1 Å². The van der Waals surface area contributed by atoms with Gasteiger partial charge in [-0.15, -0.1) is 0 Å². The quantitative estimate of drug-likeness (QED) is 0.738. The zero-order chi connectivity index (χ0) is 15.7. The van der Waals surface area contributed by atoms with Crippen molar-refractivity contribution in [1.82, 2.24) is 4.98 Å². The Labute approximate surface area is 130 Å². The van der Waals surface area contributed by atoms with Crippen LogP contribution in [0.25, 0.3) is 10.9 Å². The van der Waals surface area contributed by atoms with Crippen molar-refractivity contribution in [3.63, 3.8) is 0 Å². The molecule has 2 aromatic carbocycles. The van der Waals surface area contributed by atoms with Gasteiger partial charge in [-0.1, -0.05) is 18.2 Å². The summed E-state index contributed by atoms with van der Waals surface area (Å²) in [5, 5.41) is 13.7. The predicted molar refractivity (Wildman–Crippen MR) is 90.4 cm³/mol. The molecule has 3 heteroatoms. The van der Waals surface area contributed by atoms with E-state index in [2.05, 4.69) is 48.4 Å². The van der Waals surface area contributed by atoms with Gasteiger partial charge in [0.15, 0.2) is 0 Å². The number of pyridine rings is 1. The number of nitrogens with zero attached hydrogens (tertiary/aromatic N) is 2. The summed E-state index contributed by atoms with van der Waals surface area (Å²) in [6.07, 6.45) is 0. The van der Waals surface area contributed by atoms with Gasteiger partial charge in [-0.2, -0.15) is 5.26 Å². The molecule has 3 nitrogen and oxygen atoms in total. The summed E-state index contributed by atoms with van der Waals surface area (Å²) >= 11 is 0. The molecule has 0 amide bonds. The Hall–Kier alpha value is -2.86. The number of hydrogen-bond donors (Lipinski definition) is 1. The lowest BCUT2D eigenvalue weighted by Gasteiger charge is -2.11. The Kier molecular flexibility index (Phi) is 3.52. The van der Waals surface area contributed by atoms with Crippen LogP contribution in [0, 0.1) is 32.1 Å². The highest BCUT2D eigenvalue weighted by Crippen LogP contribution is 2.25. The lowest BCUT2D eigenvalue weighted by Crippen LogP contribution is -1.98. The maximum absolute atomic E-state index is 9.39. The number of anilines is 2. The molecule has 1 heterocycles. The highest BCUT2D eigenvalue weighted by atomic mass is 15.0. The van der Waals surface area contributed by atoms with E-state index >= 15 is 0 Å². The number of aromatic nitrogens is 1. The van der Waals surface area contributed by atoms with Gasteiger partial charge >= 0.3 is 0 Å². The minimum Gasteiger partial charge on any atom is -0.339 e. The maximum Gasteiger partial charge on any atom is 0.149 e. The first-order valence-electron chi connectivity index (χ1n) is 7.22. The third-order valence-corrected chi connectivity index (χ3v) is 3.58. The molecule has 0 aliphatic heterocycles. The summed E-state index contributed by atoms with van der Waals surface area (Å²) < 4.78 is 0. The fourth-order valence-corrected chi connectivity index (χ4v) is 2.64. The Morgan fingerprint density at radius 2 is 1.64 bits per heavy atom. The lowest BCUT2D eigenvalue weighted by molar-refractivity contribution is 1.31. The Bertz CT molecular complexity index is 884. The molecular weight excluding hydrogens is 270 g/mol. The van der Waals surface area contributed by atoms with Gasteiger partial charge < -0.3 is 5.32 Å². The molecule has 0 fully saturated rings. The third kappa shape index (κ3) is 2.77. The van der Waals surface area contributed by atoms with E-state index < -0.39 is 0 Å². The molecule has 0 bridgehead atoms. The average Bonchev–Trinajstić information content (AvgIpc) is 2.45. The van der Waals surface area contributed by atoms with Crippen molar-refractivity contribution in [1.29, 1.82) is 5.26 Å². The van der Waals surface area contributed by atoms with E-state index in [4.69, 9.17) is 0 Å². The van der Waals surface area contributed by atoms with Gasteiger partial charge in [-0.25, -0.2) is 4.98 Å². The Balaban J connectivity index is 2.10. The largest absolute Gasteiger partial charge is 0.339 e. The Morgan fingerprint density at radius 1 is 0.909 bits per heavy atom. The maximum atomic E-state index is 9.39. The third-order valence-electron chi connectivity index (χ3n) is 3.58. The minimum absolute atomic E-state index is 0.551. The number of fused-ring (bicyclic) bond motifs is 1. The SMILES string of the molecule is Cc1cc(C)cc(Nc2nc3cc(C)ccc3cc2C#N)c1. The summed E-state index contributed by atoms with van der Waals surface area (Å²) in [4.78, 5) is 4.63. The van der Waals surface area contributed by atoms with Crippen LogP contribution < -0.4 is 5.32 Å². The summed E-state index contributed by atoms with van der Waals surface area (Å²) in [5.74, 6) is 0.602. The molecule has 1 aromatic heterocycles. The van der Waals surface area contributed by atoms with Gasteiger partial charge in [0.2, 0.25) is 0 Å². The Morgan fingerprint density at radius 3 is 2.32 bits per heavy atom. The van der Waals surface area contributed by atoms with Crippen molar-refractivity contribution in [2.75, 3.05) is 5.32 Å². The standard InChI is InChI=1S/C19H17N3/c1-12-4-5-15-10-16(11-20)19(22-18(15)9-12)21-17-7-13(2)6-14(3)8-17/h4-10H,1-3H3,(H,21,22). The van der Waals surface area contributed by atoms with E-state index in [0.717, 1.165) is 22.2 Å². The van der Waals surface area contributed by atoms with E-state index in [1.807, 2.05) is 31.2 Å². The van der Waals surface area contributed by atoms with Crippen LogP contribution in [0.1, 0.15) is 22.3 Å². The zero-order valence-corrected chi connectivity index (χ0v) is 12.9. The fraction of sp³-hybridized carbons (Fsp3) is 0.158. The first kappa shape index (κ1) is 14.1. The molecule has 22 heavy (non-hydrogen) atoms. The second kappa shape index (κ2) is 5.50. The highest BCUT2D eigenvalue weighted by Gasteiger charge is 2.08. The average molecular weight is 287 g/mol. The smallest absolute Gasteiger partial charge is 0.149 e. The molecule has 3 rings (SSSR count). The number of rotatable bonds is 2. The number of benzene rings is 2. The number of hydrogen-bond acceptors (Lipinski definition) is 3. The summed E-state index contributed by atoms with van der Waals surface area (Å²) in [6, 6.07) is 16.4. The van der Waals surface area contributed by atoms with E-state index in [0.29, 0.717) is 11.4 Å². The number of aryl methyl sites for hydroxylation is 3. The first-order chi connectivity index (χ1) is 10.5. The van der Waals surface area contributed by atoms with Crippen LogP contribution in [0.3, 0.4) is 0 Å². The second-order valence-corrected chi connectivity index (χ2v) is 5.69. The number of nitriles is 1. The van der Waals surface area contributed by atoms with Crippen LogP contribution in [0.5, 0.6) is 0 Å². The summed E-state index contributed by atoms with van der Waals surface area (Å²) in [6.45, 7) is 6.15. The molecule has 0 saturated carbocycles. The van der Waals surface area contributed by atoms with Crippen molar-refractivity contribution < 1.29 is 0 Å². The van der Waals surface area contributed by atoms with Crippen molar-refractivity contribution in [3.8, 4) is 6.07 Å². The molecule has 108 valence electrons. The van der Waals surface area contributed by atoms with Crippen LogP contribution in [-0.4, -0.2) is 4.98 Å². The van der Waals surface area contributed by atoms with Gasteiger partial charge in [-0.3, -0.25) is 0 Å². The van der Waals surface area contributed by atoms with Crippen LogP contribution in [0.2, 0.25) is 0 Å². The second-order valence-electron chi connectivity index (χ2n) is 5.69. The lowest BCUT2D eigenvalue weighted by atomic mass is 10.1. The van der Waals surface area contributed by atoms with E-state index in [1.165, 1.54) is 11.1 Å². The molecule has 3 aromatic rings. The van der Waals surface area contributed by atoms with Crippen molar-refractivity contribution in [2.24, 2.45) is 0 Å². The fourth-order valence-electron chi connectivity index (χ4n) is 2.64. The molecule has 0 atom stereocenters. The summed E-state index contributed by atoms with van der Waals surface area (Å²) in [5.41, 5.74) is 5.91. The van der Waals surface area contributed by atoms with E-state index in [1.54, 1.807) is 0 Å². The molecule has 0 saturated heterocycles. The molecule has 0 aliphatic rings. The van der Waals surface area contributed by atoms with Gasteiger partial charge in [-0.05, 0) is 61.7 Å². The van der Waals surface area contributed by atoms with Crippen molar-refractivity contribution in [2.45, 2.75) is 20.8 Å².